The van der Waals surface area contributed by atoms with Gasteiger partial charge in [0.05, 0.1) is 29.4 Å². The number of nitrogen functional groups attached to an aromatic ring is 1. The normalized spacial score (nSPS) is 11.0. The molecule has 32 heavy (non-hydrogen) atoms. The smallest absolute Gasteiger partial charge is 0.345 e. The van der Waals surface area contributed by atoms with Gasteiger partial charge >= 0.3 is 5.63 Å². The third kappa shape index (κ3) is 2.92. The molecule has 0 amide bonds. The summed E-state index contributed by atoms with van der Waals surface area (Å²) in [4.78, 5) is 20.2. The van der Waals surface area contributed by atoms with Crippen molar-refractivity contribution >= 4 is 27.7 Å². The van der Waals surface area contributed by atoms with Gasteiger partial charge in [-0.25, -0.2) is 9.78 Å². The molecule has 0 aliphatic rings. The van der Waals surface area contributed by atoms with Gasteiger partial charge < -0.3 is 25.0 Å². The zero-order valence-corrected chi connectivity index (χ0v) is 16.8. The Balaban J connectivity index is 1.84. The van der Waals surface area contributed by atoms with Crippen LogP contribution in [0.4, 0.5) is 5.69 Å². The Morgan fingerprint density at radius 2 is 1.97 bits per heavy atom. The second-order valence-corrected chi connectivity index (χ2v) is 7.18. The van der Waals surface area contributed by atoms with Crippen LogP contribution in [-0.4, -0.2) is 22.2 Å². The van der Waals surface area contributed by atoms with Crippen LogP contribution in [0.1, 0.15) is 5.69 Å². The lowest BCUT2D eigenvalue weighted by atomic mass is 9.99. The maximum Gasteiger partial charge on any atom is 0.345 e. The quantitative estimate of drug-likeness (QED) is 0.369. The minimum Gasteiger partial charge on any atom is -0.504 e. The van der Waals surface area contributed by atoms with Gasteiger partial charge in [-0.05, 0) is 41.5 Å². The molecule has 0 bridgehead atoms. The fourth-order valence-corrected chi connectivity index (χ4v) is 3.76. The van der Waals surface area contributed by atoms with Crippen LogP contribution in [0, 0.1) is 11.3 Å². The molecule has 8 nitrogen and oxygen atoms in total. The summed E-state index contributed by atoms with van der Waals surface area (Å²) in [6.07, 6.45) is 0. The Kier molecular flexibility index (Phi) is 4.31. The van der Waals surface area contributed by atoms with Crippen molar-refractivity contribution in [3.05, 3.63) is 70.7 Å². The molecule has 0 saturated carbocycles. The number of pyridine rings is 1. The number of aromatic hydroxyl groups is 1. The van der Waals surface area contributed by atoms with Gasteiger partial charge in [-0.15, -0.1) is 0 Å². The van der Waals surface area contributed by atoms with Crippen LogP contribution in [0.2, 0.25) is 0 Å². The number of rotatable bonds is 3. The second-order valence-electron chi connectivity index (χ2n) is 7.18. The first-order chi connectivity index (χ1) is 15.5. The Morgan fingerprint density at radius 1 is 1.16 bits per heavy atom. The molecular weight excluding hydrogens is 408 g/mol. The van der Waals surface area contributed by atoms with Crippen LogP contribution in [0.5, 0.6) is 11.5 Å². The van der Waals surface area contributed by atoms with Gasteiger partial charge in [0, 0.05) is 5.39 Å². The summed E-state index contributed by atoms with van der Waals surface area (Å²) in [5.74, 6) is 0.255. The predicted octanol–water partition coefficient (Wildman–Crippen LogP) is 4.17. The van der Waals surface area contributed by atoms with Crippen LogP contribution in [-0.2, 0) is 0 Å². The predicted molar refractivity (Wildman–Crippen MR) is 120 cm³/mol. The number of nitrogens with two attached hydrogens (primary N) is 1. The first-order valence-corrected chi connectivity index (χ1v) is 9.63. The third-order valence-corrected chi connectivity index (χ3v) is 5.32. The lowest BCUT2D eigenvalue weighted by Crippen LogP contribution is -2.04. The van der Waals surface area contributed by atoms with Crippen LogP contribution in [0.3, 0.4) is 0 Å². The van der Waals surface area contributed by atoms with Crippen molar-refractivity contribution in [2.24, 2.45) is 0 Å². The monoisotopic (exact) mass is 424 g/mol. The zero-order valence-electron chi connectivity index (χ0n) is 16.8. The summed E-state index contributed by atoms with van der Waals surface area (Å²) >= 11 is 0. The number of para-hydroxylation sites is 1. The van der Waals surface area contributed by atoms with E-state index in [1.807, 2.05) is 18.2 Å². The highest BCUT2D eigenvalue weighted by Gasteiger charge is 2.19. The number of methoxy groups -OCH3 is 1. The van der Waals surface area contributed by atoms with Gasteiger partial charge in [0.25, 0.3) is 0 Å². The molecule has 0 aliphatic heterocycles. The maximum absolute atomic E-state index is 12.7. The van der Waals surface area contributed by atoms with Gasteiger partial charge in [-0.3, -0.25) is 0 Å². The second kappa shape index (κ2) is 7.18. The SMILES string of the molecule is COc1cc(-c2cc(-c3cc4ccccc4oc3=O)nc3[nH]c(C#N)c(N)c23)ccc1O. The average Bonchev–Trinajstić information content (AvgIpc) is 3.14. The molecule has 4 N–H and O–H groups in total. The number of aromatic amines is 1. The Bertz CT molecular complexity index is 1630. The molecule has 0 aliphatic carbocycles. The Labute approximate surface area is 181 Å². The molecule has 8 heteroatoms. The standard InChI is InChI=1S/C24H16N4O4/c1-31-20-9-12(6-7-18(20)29)14-10-16(27-23-21(14)22(26)17(11-25)28-23)15-8-13-4-2-3-5-19(13)32-24(15)30/h2-10,29H,26H2,1H3,(H,27,28). The molecule has 0 spiro atoms. The summed E-state index contributed by atoms with van der Waals surface area (Å²) in [6.45, 7) is 0. The molecule has 0 unspecified atom stereocenters. The van der Waals surface area contributed by atoms with Gasteiger partial charge in [0.2, 0.25) is 0 Å². The molecule has 0 fully saturated rings. The zero-order chi connectivity index (χ0) is 22.4. The molecule has 0 radical (unpaired) electrons. The van der Waals surface area contributed by atoms with E-state index >= 15 is 0 Å². The number of H-pyrrole nitrogens is 1. The number of hydrogen-bond acceptors (Lipinski definition) is 7. The summed E-state index contributed by atoms with van der Waals surface area (Å²) in [7, 11) is 1.45. The van der Waals surface area contributed by atoms with Crippen molar-refractivity contribution < 1.29 is 14.3 Å². The number of phenolic OH excluding ortho intramolecular Hbond substituents is 1. The van der Waals surface area contributed by atoms with Crippen molar-refractivity contribution in [3.8, 4) is 40.0 Å². The van der Waals surface area contributed by atoms with E-state index in [9.17, 15) is 15.2 Å². The van der Waals surface area contributed by atoms with E-state index in [1.54, 1.807) is 36.4 Å². The summed E-state index contributed by atoms with van der Waals surface area (Å²) in [5.41, 5.74) is 8.83. The van der Waals surface area contributed by atoms with E-state index in [0.29, 0.717) is 33.4 Å². The Morgan fingerprint density at radius 3 is 2.75 bits per heavy atom. The number of phenols is 1. The van der Waals surface area contributed by atoms with E-state index in [4.69, 9.17) is 14.9 Å². The van der Waals surface area contributed by atoms with E-state index in [0.717, 1.165) is 5.39 Å². The van der Waals surface area contributed by atoms with E-state index in [2.05, 4.69) is 9.97 Å². The van der Waals surface area contributed by atoms with Crippen molar-refractivity contribution in [1.29, 1.82) is 5.26 Å². The van der Waals surface area contributed by atoms with Crippen LogP contribution >= 0.6 is 0 Å². The topological polar surface area (TPSA) is 138 Å². The summed E-state index contributed by atoms with van der Waals surface area (Å²) < 4.78 is 10.7. The number of anilines is 1. The van der Waals surface area contributed by atoms with E-state index < -0.39 is 5.63 Å². The molecular formula is C24H16N4O4. The number of fused-ring (bicyclic) bond motifs is 2. The minimum atomic E-state index is -0.537. The number of ether oxygens (including phenoxy) is 1. The average molecular weight is 424 g/mol. The van der Waals surface area contributed by atoms with Crippen LogP contribution in [0.25, 0.3) is 44.4 Å². The van der Waals surface area contributed by atoms with Crippen LogP contribution < -0.4 is 16.1 Å². The lowest BCUT2D eigenvalue weighted by Gasteiger charge is -2.11. The summed E-state index contributed by atoms with van der Waals surface area (Å²) in [5, 5.41) is 20.7. The number of hydrogen-bond donors (Lipinski definition) is 3. The lowest BCUT2D eigenvalue weighted by molar-refractivity contribution is 0.373. The molecule has 3 aromatic heterocycles. The number of aromatic nitrogens is 2. The van der Waals surface area contributed by atoms with Crippen molar-refractivity contribution in [3.63, 3.8) is 0 Å². The minimum absolute atomic E-state index is 0.0169. The first kappa shape index (κ1) is 19.2. The van der Waals surface area contributed by atoms with Gasteiger partial charge in [-0.2, -0.15) is 5.26 Å². The maximum atomic E-state index is 12.7. The largest absolute Gasteiger partial charge is 0.504 e. The molecule has 0 saturated heterocycles. The Hall–Kier alpha value is -4.77. The van der Waals surface area contributed by atoms with Crippen molar-refractivity contribution in [2.45, 2.75) is 0 Å². The van der Waals surface area contributed by atoms with E-state index in [1.165, 1.54) is 13.2 Å². The number of nitrogens with one attached hydrogen (secondary N) is 1. The highest BCUT2D eigenvalue weighted by molar-refractivity contribution is 6.05. The fourth-order valence-electron chi connectivity index (χ4n) is 3.76. The third-order valence-electron chi connectivity index (χ3n) is 5.32. The molecule has 3 heterocycles. The molecule has 2 aromatic carbocycles. The van der Waals surface area contributed by atoms with Crippen molar-refractivity contribution in [2.75, 3.05) is 12.8 Å². The molecule has 5 aromatic rings. The fraction of sp³-hybridized carbons (Fsp3) is 0.0417. The highest BCUT2D eigenvalue weighted by atomic mass is 16.5. The van der Waals surface area contributed by atoms with Gasteiger partial charge in [-0.1, -0.05) is 24.3 Å². The molecule has 156 valence electrons. The number of nitrogens with zero attached hydrogens (tertiary/aromatic N) is 2. The van der Waals surface area contributed by atoms with Gasteiger partial charge in [0.1, 0.15) is 23.0 Å². The first-order valence-electron chi connectivity index (χ1n) is 9.63. The molecule has 5 rings (SSSR count). The number of benzene rings is 2. The van der Waals surface area contributed by atoms with Crippen LogP contribution in [0.15, 0.2) is 63.8 Å². The molecule has 0 atom stereocenters. The number of nitriles is 1. The van der Waals surface area contributed by atoms with Gasteiger partial charge in [0.15, 0.2) is 11.5 Å². The highest BCUT2D eigenvalue weighted by Crippen LogP contribution is 2.39. The van der Waals surface area contributed by atoms with Crippen molar-refractivity contribution in [1.82, 2.24) is 9.97 Å². The van der Waals surface area contributed by atoms with E-state index in [-0.39, 0.29) is 28.4 Å². The summed E-state index contributed by atoms with van der Waals surface area (Å²) in [6, 6.07) is 17.5.